The number of nitrogens with one attached hydrogen (secondary N) is 1. The molecule has 0 saturated heterocycles. The van der Waals surface area contributed by atoms with E-state index in [4.69, 9.17) is 11.0 Å². The number of nitrogens with zero attached hydrogens (tertiary/aromatic N) is 2. The van der Waals surface area contributed by atoms with Crippen molar-refractivity contribution in [2.45, 2.75) is 20.8 Å². The van der Waals surface area contributed by atoms with Crippen molar-refractivity contribution in [3.63, 3.8) is 0 Å². The summed E-state index contributed by atoms with van der Waals surface area (Å²) in [5, 5.41) is 12.0. The number of nitriles is 1. The van der Waals surface area contributed by atoms with Crippen LogP contribution in [-0.4, -0.2) is 11.5 Å². The van der Waals surface area contributed by atoms with Crippen LogP contribution < -0.4 is 11.1 Å². The zero-order valence-corrected chi connectivity index (χ0v) is 14.1. The summed E-state index contributed by atoms with van der Waals surface area (Å²) < 4.78 is 0. The molecule has 0 bridgehead atoms. The number of aliphatic imine (C=N–C) groups is 1. The van der Waals surface area contributed by atoms with Crippen molar-refractivity contribution < 1.29 is 4.79 Å². The molecule has 0 aromatic heterocycles. The van der Waals surface area contributed by atoms with Gasteiger partial charge in [0, 0.05) is 23.4 Å². The first kappa shape index (κ1) is 17.2. The maximum atomic E-state index is 12.6. The van der Waals surface area contributed by atoms with Crippen molar-refractivity contribution in [2.24, 2.45) is 16.1 Å². The van der Waals surface area contributed by atoms with E-state index in [1.165, 1.54) is 6.20 Å². The maximum absolute atomic E-state index is 12.6. The van der Waals surface area contributed by atoms with Gasteiger partial charge in [0.25, 0.3) is 0 Å². The van der Waals surface area contributed by atoms with E-state index >= 15 is 0 Å². The summed E-state index contributed by atoms with van der Waals surface area (Å²) in [6.45, 7) is 9.45. The lowest BCUT2D eigenvalue weighted by atomic mass is 9.85. The molecular weight excluding hydrogens is 300 g/mol. The molecule has 0 saturated carbocycles. The topological polar surface area (TPSA) is 91.3 Å². The second-order valence-corrected chi connectivity index (χ2v) is 6.46. The van der Waals surface area contributed by atoms with Gasteiger partial charge in [-0.05, 0) is 12.1 Å². The highest BCUT2D eigenvalue weighted by Gasteiger charge is 2.31. The van der Waals surface area contributed by atoms with Crippen LogP contribution in [0.3, 0.4) is 0 Å². The van der Waals surface area contributed by atoms with E-state index in [1.54, 1.807) is 24.4 Å². The van der Waals surface area contributed by atoms with E-state index in [9.17, 15) is 4.79 Å². The molecule has 0 fully saturated rings. The summed E-state index contributed by atoms with van der Waals surface area (Å²) in [7, 11) is 0. The van der Waals surface area contributed by atoms with Gasteiger partial charge in [-0.2, -0.15) is 5.26 Å². The fraction of sp³-hybridized carbons (Fsp3) is 0.211. The van der Waals surface area contributed by atoms with Crippen LogP contribution in [0.4, 0.5) is 0 Å². The van der Waals surface area contributed by atoms with Crippen LogP contribution in [0.1, 0.15) is 31.9 Å². The summed E-state index contributed by atoms with van der Waals surface area (Å²) in [4.78, 5) is 17.1. The molecule has 1 aromatic rings. The summed E-state index contributed by atoms with van der Waals surface area (Å²) in [5.41, 5.74) is 8.35. The minimum atomic E-state index is -0.535. The summed E-state index contributed by atoms with van der Waals surface area (Å²) in [6, 6.07) is 9.05. The Labute approximate surface area is 141 Å². The van der Waals surface area contributed by atoms with Crippen molar-refractivity contribution in [2.75, 3.05) is 0 Å². The van der Waals surface area contributed by atoms with Gasteiger partial charge in [0.2, 0.25) is 0 Å². The second kappa shape index (κ2) is 6.55. The Balaban J connectivity index is 2.46. The number of hydrogen-bond donors (Lipinski definition) is 2. The summed E-state index contributed by atoms with van der Waals surface area (Å²) in [6.07, 6.45) is 2.98. The summed E-state index contributed by atoms with van der Waals surface area (Å²) in [5.74, 6) is -0.0328. The van der Waals surface area contributed by atoms with Gasteiger partial charge < -0.3 is 11.1 Å². The molecule has 1 aromatic carbocycles. The van der Waals surface area contributed by atoms with Crippen molar-refractivity contribution in [3.05, 3.63) is 65.6 Å². The van der Waals surface area contributed by atoms with Gasteiger partial charge in [0.05, 0.1) is 34.3 Å². The van der Waals surface area contributed by atoms with Crippen LogP contribution in [0.25, 0.3) is 5.70 Å². The van der Waals surface area contributed by atoms with E-state index < -0.39 is 5.41 Å². The monoisotopic (exact) mass is 320 g/mol. The van der Waals surface area contributed by atoms with E-state index in [0.29, 0.717) is 33.8 Å². The Morgan fingerprint density at radius 1 is 1.42 bits per heavy atom. The third kappa shape index (κ3) is 3.44. The highest BCUT2D eigenvalue weighted by atomic mass is 16.1. The molecule has 2 rings (SSSR count). The fourth-order valence-electron chi connectivity index (χ4n) is 2.23. The molecule has 122 valence electrons. The lowest BCUT2D eigenvalue weighted by molar-refractivity contribution is -0.121. The average Bonchev–Trinajstić information content (AvgIpc) is 2.91. The molecule has 0 atom stereocenters. The predicted molar refractivity (Wildman–Crippen MR) is 95.6 cm³/mol. The molecule has 0 spiro atoms. The molecule has 1 aliphatic heterocycles. The van der Waals surface area contributed by atoms with E-state index in [0.717, 1.165) is 0 Å². The first-order valence-electron chi connectivity index (χ1n) is 7.50. The molecule has 5 heteroatoms. The van der Waals surface area contributed by atoms with E-state index in [2.05, 4.69) is 23.0 Å². The molecule has 1 aliphatic rings. The minimum absolute atomic E-state index is 0.0328. The zero-order valence-electron chi connectivity index (χ0n) is 14.1. The Morgan fingerprint density at radius 3 is 2.71 bits per heavy atom. The van der Waals surface area contributed by atoms with Gasteiger partial charge in [0.1, 0.15) is 0 Å². The Kier molecular flexibility index (Phi) is 4.70. The van der Waals surface area contributed by atoms with E-state index in [1.807, 2.05) is 26.8 Å². The van der Waals surface area contributed by atoms with Gasteiger partial charge in [-0.25, -0.2) is 4.99 Å². The standard InChI is InChI=1S/C19H20N4O/c1-12-17(15(11-22-12)18(24)19(2,3)4)23-16(10-21)14-7-5-6-13(8-14)9-20/h5-8,10-11,22H,1,21H2,2-4H3/b16-10-,23-17?. The Morgan fingerprint density at radius 2 is 2.12 bits per heavy atom. The number of nitrogens with two attached hydrogens (primary N) is 1. The number of carbonyl (C=O) groups excluding carboxylic acids is 1. The first-order valence-corrected chi connectivity index (χ1v) is 7.50. The Bertz CT molecular complexity index is 830. The van der Waals surface area contributed by atoms with Crippen LogP contribution in [0, 0.1) is 16.7 Å². The zero-order chi connectivity index (χ0) is 17.9. The quantitative estimate of drug-likeness (QED) is 0.896. The van der Waals surface area contributed by atoms with Gasteiger partial charge in [0.15, 0.2) is 5.78 Å². The van der Waals surface area contributed by atoms with Gasteiger partial charge in [-0.3, -0.25) is 4.79 Å². The molecular formula is C19H20N4O. The maximum Gasteiger partial charge on any atom is 0.171 e. The minimum Gasteiger partial charge on any atom is -0.403 e. The summed E-state index contributed by atoms with van der Waals surface area (Å²) >= 11 is 0. The Hall–Kier alpha value is -3.13. The number of rotatable bonds is 3. The number of benzene rings is 1. The lowest BCUT2D eigenvalue weighted by Crippen LogP contribution is -2.25. The number of carbonyl (C=O) groups is 1. The highest BCUT2D eigenvalue weighted by molar-refractivity contribution is 6.31. The number of ketones is 1. The van der Waals surface area contributed by atoms with Crippen LogP contribution in [-0.2, 0) is 4.79 Å². The van der Waals surface area contributed by atoms with Gasteiger partial charge in [-0.15, -0.1) is 0 Å². The molecule has 0 radical (unpaired) electrons. The smallest absolute Gasteiger partial charge is 0.171 e. The lowest BCUT2D eigenvalue weighted by Gasteiger charge is -2.17. The second-order valence-electron chi connectivity index (χ2n) is 6.46. The largest absolute Gasteiger partial charge is 0.403 e. The van der Waals surface area contributed by atoms with Crippen LogP contribution in [0.5, 0.6) is 0 Å². The van der Waals surface area contributed by atoms with Crippen molar-refractivity contribution in [1.82, 2.24) is 5.32 Å². The first-order chi connectivity index (χ1) is 11.3. The molecule has 0 amide bonds. The SMILES string of the molecule is C=C1NC=C(C(=O)C(C)(C)C)C1=N/C(=C\N)c1cccc(C#N)c1. The fourth-order valence-corrected chi connectivity index (χ4v) is 2.23. The molecule has 5 nitrogen and oxygen atoms in total. The van der Waals surface area contributed by atoms with Gasteiger partial charge >= 0.3 is 0 Å². The van der Waals surface area contributed by atoms with Crippen LogP contribution in [0.15, 0.2) is 59.5 Å². The normalized spacial score (nSPS) is 16.6. The van der Waals surface area contributed by atoms with E-state index in [-0.39, 0.29) is 5.78 Å². The number of hydrogen-bond acceptors (Lipinski definition) is 5. The van der Waals surface area contributed by atoms with Crippen molar-refractivity contribution in [3.8, 4) is 6.07 Å². The molecule has 0 aliphatic carbocycles. The molecule has 0 unspecified atom stereocenters. The van der Waals surface area contributed by atoms with Crippen molar-refractivity contribution in [1.29, 1.82) is 5.26 Å². The van der Waals surface area contributed by atoms with Crippen molar-refractivity contribution >= 4 is 17.2 Å². The van der Waals surface area contributed by atoms with Gasteiger partial charge in [-0.1, -0.05) is 39.5 Å². The highest BCUT2D eigenvalue weighted by Crippen LogP contribution is 2.27. The number of allylic oxidation sites excluding steroid dienone is 1. The average molecular weight is 320 g/mol. The predicted octanol–water partition coefficient (Wildman–Crippen LogP) is 2.87. The molecule has 24 heavy (non-hydrogen) atoms. The number of Topliss-reactive ketones (excluding diaryl/α,β-unsaturated/α-hetero) is 1. The van der Waals surface area contributed by atoms with Crippen LogP contribution in [0.2, 0.25) is 0 Å². The third-order valence-corrected chi connectivity index (χ3v) is 3.54. The third-order valence-electron chi connectivity index (χ3n) is 3.54. The molecule has 1 heterocycles. The molecule has 3 N–H and O–H groups in total. The van der Waals surface area contributed by atoms with Crippen LogP contribution >= 0.6 is 0 Å².